The van der Waals surface area contributed by atoms with Gasteiger partial charge in [-0.25, -0.2) is 4.98 Å². The molecule has 1 aliphatic heterocycles. The molecular formula is C20H25N3O4S. The van der Waals surface area contributed by atoms with Gasteiger partial charge in [0.2, 0.25) is 5.91 Å². The van der Waals surface area contributed by atoms with Gasteiger partial charge in [0, 0.05) is 13.1 Å². The largest absolute Gasteiger partial charge is 0.468 e. The van der Waals surface area contributed by atoms with E-state index in [1.165, 1.54) is 23.4 Å². The summed E-state index contributed by atoms with van der Waals surface area (Å²) in [5, 5.41) is 0.779. The van der Waals surface area contributed by atoms with Crippen molar-refractivity contribution in [2.45, 2.75) is 32.0 Å². The molecule has 150 valence electrons. The van der Waals surface area contributed by atoms with Gasteiger partial charge in [-0.1, -0.05) is 37.7 Å². The summed E-state index contributed by atoms with van der Waals surface area (Å²) < 4.78 is 5.99. The normalized spacial score (nSPS) is 19.6. The van der Waals surface area contributed by atoms with E-state index in [2.05, 4.69) is 18.8 Å². The first-order valence-electron chi connectivity index (χ1n) is 9.36. The molecule has 0 spiro atoms. The van der Waals surface area contributed by atoms with Crippen molar-refractivity contribution in [3.63, 3.8) is 0 Å². The van der Waals surface area contributed by atoms with E-state index in [4.69, 9.17) is 4.74 Å². The van der Waals surface area contributed by atoms with Crippen LogP contribution < -0.4 is 5.56 Å². The molecule has 3 rings (SSSR count). The first-order valence-corrected chi connectivity index (χ1v) is 10.3. The third kappa shape index (κ3) is 4.55. The molecule has 1 aromatic carbocycles. The lowest BCUT2D eigenvalue weighted by molar-refractivity contribution is -0.141. The molecule has 0 bridgehead atoms. The summed E-state index contributed by atoms with van der Waals surface area (Å²) in [4.78, 5) is 43.7. The fourth-order valence-electron chi connectivity index (χ4n) is 3.68. The number of methoxy groups -OCH3 is 1. The minimum absolute atomic E-state index is 0.0235. The number of amides is 1. The molecule has 1 fully saturated rings. The number of piperidine rings is 1. The quantitative estimate of drug-likeness (QED) is 0.432. The average Bonchev–Trinajstić information content (AvgIpc) is 2.67. The van der Waals surface area contributed by atoms with E-state index in [0.717, 1.165) is 19.5 Å². The Kier molecular flexibility index (Phi) is 6.39. The fraction of sp³-hybridized carbons (Fsp3) is 0.500. The van der Waals surface area contributed by atoms with E-state index in [0.29, 0.717) is 27.9 Å². The number of aromatic nitrogens is 2. The van der Waals surface area contributed by atoms with Gasteiger partial charge >= 0.3 is 5.97 Å². The van der Waals surface area contributed by atoms with Crippen molar-refractivity contribution in [3.05, 3.63) is 34.6 Å². The van der Waals surface area contributed by atoms with Gasteiger partial charge in [0.15, 0.2) is 5.16 Å². The summed E-state index contributed by atoms with van der Waals surface area (Å²) in [6.45, 7) is 5.58. The van der Waals surface area contributed by atoms with E-state index in [1.54, 1.807) is 24.3 Å². The van der Waals surface area contributed by atoms with Crippen LogP contribution >= 0.6 is 11.8 Å². The average molecular weight is 404 g/mol. The number of carbonyl (C=O) groups excluding carboxylic acids is 2. The number of ether oxygens (including phenoxy) is 1. The molecule has 0 unspecified atom stereocenters. The Morgan fingerprint density at radius 3 is 2.57 bits per heavy atom. The molecule has 2 heterocycles. The Bertz CT molecular complexity index is 933. The van der Waals surface area contributed by atoms with Crippen molar-refractivity contribution in [2.24, 2.45) is 11.8 Å². The van der Waals surface area contributed by atoms with Crippen LogP contribution in [0.1, 0.15) is 20.3 Å². The molecule has 1 aromatic heterocycles. The molecule has 28 heavy (non-hydrogen) atoms. The zero-order valence-corrected chi connectivity index (χ0v) is 17.2. The molecule has 1 aliphatic rings. The van der Waals surface area contributed by atoms with Crippen LogP contribution in [0.2, 0.25) is 0 Å². The van der Waals surface area contributed by atoms with Gasteiger partial charge in [0.1, 0.15) is 6.54 Å². The summed E-state index contributed by atoms with van der Waals surface area (Å²) in [5.41, 5.74) is 0.231. The highest BCUT2D eigenvalue weighted by Crippen LogP contribution is 2.23. The van der Waals surface area contributed by atoms with Crippen molar-refractivity contribution < 1.29 is 14.3 Å². The predicted octanol–water partition coefficient (Wildman–Crippen LogP) is 2.17. The van der Waals surface area contributed by atoms with E-state index in [1.807, 2.05) is 4.90 Å². The zero-order chi connectivity index (χ0) is 20.3. The van der Waals surface area contributed by atoms with Gasteiger partial charge in [-0.2, -0.15) is 0 Å². The molecule has 0 aliphatic carbocycles. The number of fused-ring (bicyclic) bond motifs is 1. The van der Waals surface area contributed by atoms with Crippen LogP contribution in [-0.4, -0.2) is 52.3 Å². The monoisotopic (exact) mass is 403 g/mol. The van der Waals surface area contributed by atoms with Crippen LogP contribution in [0, 0.1) is 11.8 Å². The Morgan fingerprint density at radius 1 is 1.21 bits per heavy atom. The lowest BCUT2D eigenvalue weighted by Gasteiger charge is -2.35. The Hall–Kier alpha value is -2.35. The van der Waals surface area contributed by atoms with Crippen LogP contribution in [0.3, 0.4) is 0 Å². The van der Waals surface area contributed by atoms with Crippen molar-refractivity contribution in [2.75, 3.05) is 26.0 Å². The number of hydrogen-bond donors (Lipinski definition) is 0. The highest BCUT2D eigenvalue weighted by molar-refractivity contribution is 7.99. The highest BCUT2D eigenvalue weighted by Gasteiger charge is 2.26. The van der Waals surface area contributed by atoms with Gasteiger partial charge in [-0.05, 0) is 30.4 Å². The number of esters is 1. The second kappa shape index (κ2) is 8.77. The lowest BCUT2D eigenvalue weighted by Crippen LogP contribution is -2.43. The maximum atomic E-state index is 12.8. The zero-order valence-electron chi connectivity index (χ0n) is 16.4. The summed E-state index contributed by atoms with van der Waals surface area (Å²) in [5.74, 6) is 0.621. The number of rotatable bonds is 5. The van der Waals surface area contributed by atoms with E-state index in [9.17, 15) is 14.4 Å². The highest BCUT2D eigenvalue weighted by atomic mass is 32.2. The number of para-hydroxylation sites is 1. The number of hydrogen-bond acceptors (Lipinski definition) is 6. The first-order chi connectivity index (χ1) is 13.4. The van der Waals surface area contributed by atoms with E-state index in [-0.39, 0.29) is 23.8 Å². The predicted molar refractivity (Wildman–Crippen MR) is 108 cm³/mol. The fourth-order valence-corrected chi connectivity index (χ4v) is 4.58. The number of benzene rings is 1. The van der Waals surface area contributed by atoms with Gasteiger partial charge in [-0.3, -0.25) is 19.0 Å². The number of thioether (sulfide) groups is 1. The maximum absolute atomic E-state index is 12.8. The van der Waals surface area contributed by atoms with Crippen molar-refractivity contribution in [1.82, 2.24) is 14.5 Å². The van der Waals surface area contributed by atoms with Crippen molar-refractivity contribution in [1.29, 1.82) is 0 Å². The van der Waals surface area contributed by atoms with Gasteiger partial charge in [0.25, 0.3) is 5.56 Å². The van der Waals surface area contributed by atoms with Gasteiger partial charge in [0.05, 0.1) is 23.8 Å². The minimum Gasteiger partial charge on any atom is -0.468 e. The van der Waals surface area contributed by atoms with Gasteiger partial charge < -0.3 is 9.64 Å². The molecule has 7 nitrogen and oxygen atoms in total. The third-order valence-electron chi connectivity index (χ3n) is 4.89. The first kappa shape index (κ1) is 20.4. The molecule has 1 amide bonds. The van der Waals surface area contributed by atoms with Crippen LogP contribution in [0.15, 0.2) is 34.2 Å². The van der Waals surface area contributed by atoms with Gasteiger partial charge in [-0.15, -0.1) is 0 Å². The Morgan fingerprint density at radius 2 is 1.89 bits per heavy atom. The Balaban J connectivity index is 1.84. The maximum Gasteiger partial charge on any atom is 0.325 e. The summed E-state index contributed by atoms with van der Waals surface area (Å²) in [6.07, 6.45) is 1.13. The topological polar surface area (TPSA) is 81.5 Å². The van der Waals surface area contributed by atoms with Crippen LogP contribution in [0.4, 0.5) is 0 Å². The second-order valence-corrected chi connectivity index (χ2v) is 8.35. The van der Waals surface area contributed by atoms with Crippen LogP contribution in [0.5, 0.6) is 0 Å². The molecule has 2 aromatic rings. The molecule has 0 saturated carbocycles. The second-order valence-electron chi connectivity index (χ2n) is 7.41. The molecule has 8 heteroatoms. The summed E-state index contributed by atoms with van der Waals surface area (Å²) in [7, 11) is 1.27. The summed E-state index contributed by atoms with van der Waals surface area (Å²) in [6, 6.07) is 6.98. The van der Waals surface area contributed by atoms with E-state index < -0.39 is 5.97 Å². The molecule has 0 radical (unpaired) electrons. The Labute approximate surface area is 168 Å². The van der Waals surface area contributed by atoms with Crippen molar-refractivity contribution >= 4 is 34.5 Å². The number of carbonyl (C=O) groups is 2. The van der Waals surface area contributed by atoms with Crippen LogP contribution in [-0.2, 0) is 20.9 Å². The smallest absolute Gasteiger partial charge is 0.325 e. The lowest BCUT2D eigenvalue weighted by atomic mass is 9.92. The number of likely N-dealkylation sites (tertiary alicyclic amines) is 1. The third-order valence-corrected chi connectivity index (χ3v) is 5.85. The van der Waals surface area contributed by atoms with Crippen LogP contribution in [0.25, 0.3) is 10.9 Å². The SMILES string of the molecule is COC(=O)Cn1c(SCC(=O)N2C[C@H](C)C[C@@H](C)C2)nc2ccccc2c1=O. The molecule has 2 atom stereocenters. The standard InChI is InChI=1S/C20H25N3O4S/c1-13-8-14(2)10-22(9-13)17(24)12-28-20-21-16-7-5-4-6-15(16)19(26)23(20)11-18(25)27-3/h4-7,13-14H,8-12H2,1-3H3/t13-,14-/m1/s1. The number of nitrogens with zero attached hydrogens (tertiary/aromatic N) is 3. The molecule has 0 N–H and O–H groups in total. The summed E-state index contributed by atoms with van der Waals surface area (Å²) >= 11 is 1.19. The molecular weight excluding hydrogens is 378 g/mol. The van der Waals surface area contributed by atoms with E-state index >= 15 is 0 Å². The minimum atomic E-state index is -0.536. The molecule has 1 saturated heterocycles. The van der Waals surface area contributed by atoms with Crippen molar-refractivity contribution in [3.8, 4) is 0 Å².